The van der Waals surface area contributed by atoms with Gasteiger partial charge in [-0.15, -0.1) is 0 Å². The molecule has 0 saturated carbocycles. The standard InChI is InChI=1S/C7H12O6/c8-2-1-5(9)4(7(12)13)3-6(10)11/h4-5,8-9H,1-3H2,(H,10,11)(H,12,13). The number of aliphatic hydroxyl groups is 2. The fraction of sp³-hybridized carbons (Fsp3) is 0.714. The minimum absolute atomic E-state index is 0.135. The van der Waals surface area contributed by atoms with Crippen LogP contribution in [0.15, 0.2) is 0 Å². The average molecular weight is 192 g/mol. The maximum atomic E-state index is 10.4. The van der Waals surface area contributed by atoms with E-state index in [-0.39, 0.29) is 13.0 Å². The van der Waals surface area contributed by atoms with Crippen LogP contribution in [0, 0.1) is 5.92 Å². The number of carboxylic acid groups (broad SMARTS) is 2. The molecule has 0 saturated heterocycles. The Bertz CT molecular complexity index is 189. The summed E-state index contributed by atoms with van der Waals surface area (Å²) >= 11 is 0. The normalized spacial score (nSPS) is 14.9. The number of aliphatic carboxylic acids is 2. The van der Waals surface area contributed by atoms with E-state index < -0.39 is 30.4 Å². The van der Waals surface area contributed by atoms with Crippen LogP contribution in [0.4, 0.5) is 0 Å². The molecule has 0 bridgehead atoms. The highest BCUT2D eigenvalue weighted by molar-refractivity contribution is 5.78. The number of hydrogen-bond acceptors (Lipinski definition) is 4. The van der Waals surface area contributed by atoms with Gasteiger partial charge in [0.2, 0.25) is 0 Å². The fourth-order valence-electron chi connectivity index (χ4n) is 0.910. The van der Waals surface area contributed by atoms with E-state index in [2.05, 4.69) is 0 Å². The molecule has 4 N–H and O–H groups in total. The third kappa shape index (κ3) is 4.44. The molecule has 0 aliphatic heterocycles. The van der Waals surface area contributed by atoms with Crippen LogP contribution < -0.4 is 0 Å². The first-order valence-corrected chi connectivity index (χ1v) is 3.72. The van der Waals surface area contributed by atoms with Gasteiger partial charge in [0.15, 0.2) is 0 Å². The van der Waals surface area contributed by atoms with E-state index in [4.69, 9.17) is 20.4 Å². The summed E-state index contributed by atoms with van der Waals surface area (Å²) in [6, 6.07) is 0. The van der Waals surface area contributed by atoms with Crippen LogP contribution in [0.2, 0.25) is 0 Å². The van der Waals surface area contributed by atoms with Crippen molar-refractivity contribution >= 4 is 11.9 Å². The van der Waals surface area contributed by atoms with Crippen molar-refractivity contribution in [1.82, 2.24) is 0 Å². The van der Waals surface area contributed by atoms with Crippen molar-refractivity contribution in [2.24, 2.45) is 5.92 Å². The molecule has 0 aliphatic rings. The summed E-state index contributed by atoms with van der Waals surface area (Å²) in [6.45, 7) is -0.370. The van der Waals surface area contributed by atoms with Gasteiger partial charge in [-0.25, -0.2) is 0 Å². The third-order valence-electron chi connectivity index (χ3n) is 1.60. The Hall–Kier alpha value is -1.14. The van der Waals surface area contributed by atoms with E-state index in [1.807, 2.05) is 0 Å². The predicted octanol–water partition coefficient (Wildman–Crippen LogP) is -1.09. The van der Waals surface area contributed by atoms with Crippen LogP contribution >= 0.6 is 0 Å². The van der Waals surface area contributed by atoms with Crippen molar-refractivity contribution in [3.05, 3.63) is 0 Å². The molecule has 0 aromatic rings. The summed E-state index contributed by atoms with van der Waals surface area (Å²) in [5, 5.41) is 34.4. The maximum Gasteiger partial charge on any atom is 0.309 e. The molecule has 2 unspecified atom stereocenters. The summed E-state index contributed by atoms with van der Waals surface area (Å²) in [6.07, 6.45) is -2.10. The Morgan fingerprint density at radius 2 is 1.77 bits per heavy atom. The summed E-state index contributed by atoms with van der Waals surface area (Å²) in [5.41, 5.74) is 0. The van der Waals surface area contributed by atoms with E-state index in [0.717, 1.165) is 0 Å². The Kier molecular flexibility index (Phi) is 5.01. The number of carbonyl (C=O) groups is 2. The van der Waals surface area contributed by atoms with Gasteiger partial charge in [-0.05, 0) is 6.42 Å². The largest absolute Gasteiger partial charge is 0.481 e. The van der Waals surface area contributed by atoms with Gasteiger partial charge in [0, 0.05) is 6.61 Å². The van der Waals surface area contributed by atoms with Crippen LogP contribution in [0.5, 0.6) is 0 Å². The van der Waals surface area contributed by atoms with Gasteiger partial charge < -0.3 is 20.4 Å². The zero-order chi connectivity index (χ0) is 10.4. The quantitative estimate of drug-likeness (QED) is 0.425. The maximum absolute atomic E-state index is 10.4. The molecule has 13 heavy (non-hydrogen) atoms. The van der Waals surface area contributed by atoms with Gasteiger partial charge >= 0.3 is 11.9 Å². The molecular weight excluding hydrogens is 180 g/mol. The second-order valence-corrected chi connectivity index (χ2v) is 2.62. The van der Waals surface area contributed by atoms with Crippen molar-refractivity contribution in [3.8, 4) is 0 Å². The highest BCUT2D eigenvalue weighted by Gasteiger charge is 2.28. The van der Waals surface area contributed by atoms with E-state index in [1.54, 1.807) is 0 Å². The lowest BCUT2D eigenvalue weighted by Gasteiger charge is -2.15. The van der Waals surface area contributed by atoms with Crippen molar-refractivity contribution in [2.75, 3.05) is 6.61 Å². The zero-order valence-corrected chi connectivity index (χ0v) is 6.88. The molecule has 0 fully saturated rings. The highest BCUT2D eigenvalue weighted by atomic mass is 16.4. The first kappa shape index (κ1) is 11.9. The predicted molar refractivity (Wildman–Crippen MR) is 41.1 cm³/mol. The number of rotatable bonds is 6. The highest BCUT2D eigenvalue weighted by Crippen LogP contribution is 2.12. The second-order valence-electron chi connectivity index (χ2n) is 2.62. The molecule has 0 aromatic carbocycles. The van der Waals surface area contributed by atoms with E-state index in [0.29, 0.717) is 0 Å². The van der Waals surface area contributed by atoms with Crippen molar-refractivity contribution < 1.29 is 30.0 Å². The van der Waals surface area contributed by atoms with Crippen molar-refractivity contribution in [1.29, 1.82) is 0 Å². The molecule has 0 aliphatic carbocycles. The van der Waals surface area contributed by atoms with Crippen LogP contribution in [0.25, 0.3) is 0 Å². The molecule has 0 aromatic heterocycles. The molecule has 2 atom stereocenters. The molecule has 76 valence electrons. The van der Waals surface area contributed by atoms with Crippen LogP contribution in [0.3, 0.4) is 0 Å². The third-order valence-corrected chi connectivity index (χ3v) is 1.60. The number of hydrogen-bond donors (Lipinski definition) is 4. The molecule has 0 amide bonds. The summed E-state index contributed by atoms with van der Waals surface area (Å²) < 4.78 is 0. The molecule has 0 spiro atoms. The Morgan fingerprint density at radius 3 is 2.08 bits per heavy atom. The number of carboxylic acids is 2. The average Bonchev–Trinajstić information content (AvgIpc) is 1.99. The minimum atomic E-state index is -1.37. The Morgan fingerprint density at radius 1 is 1.23 bits per heavy atom. The van der Waals surface area contributed by atoms with E-state index in [1.165, 1.54) is 0 Å². The molecule has 0 rings (SSSR count). The van der Waals surface area contributed by atoms with Crippen LogP contribution in [-0.2, 0) is 9.59 Å². The first-order chi connectivity index (χ1) is 5.99. The lowest BCUT2D eigenvalue weighted by Crippen LogP contribution is -2.31. The van der Waals surface area contributed by atoms with Gasteiger partial charge in [-0.3, -0.25) is 9.59 Å². The van der Waals surface area contributed by atoms with E-state index in [9.17, 15) is 9.59 Å². The molecule has 0 heterocycles. The van der Waals surface area contributed by atoms with E-state index >= 15 is 0 Å². The Balaban J connectivity index is 4.23. The molecular formula is C7H12O6. The lowest BCUT2D eigenvalue weighted by molar-refractivity contribution is -0.152. The van der Waals surface area contributed by atoms with Gasteiger partial charge in [0.1, 0.15) is 0 Å². The zero-order valence-electron chi connectivity index (χ0n) is 6.88. The first-order valence-electron chi connectivity index (χ1n) is 3.72. The molecule has 6 heteroatoms. The Labute approximate surface area is 74.4 Å². The summed E-state index contributed by atoms with van der Waals surface area (Å²) in [4.78, 5) is 20.6. The van der Waals surface area contributed by atoms with Crippen molar-refractivity contribution in [3.63, 3.8) is 0 Å². The second kappa shape index (κ2) is 5.50. The smallest absolute Gasteiger partial charge is 0.309 e. The monoisotopic (exact) mass is 192 g/mol. The SMILES string of the molecule is O=C(O)CC(C(=O)O)C(O)CCO. The lowest BCUT2D eigenvalue weighted by atomic mass is 9.97. The van der Waals surface area contributed by atoms with Crippen molar-refractivity contribution in [2.45, 2.75) is 18.9 Å². The fourth-order valence-corrected chi connectivity index (χ4v) is 0.910. The van der Waals surface area contributed by atoms with Crippen LogP contribution in [0.1, 0.15) is 12.8 Å². The van der Waals surface area contributed by atoms with Gasteiger partial charge in [-0.1, -0.05) is 0 Å². The summed E-state index contributed by atoms with van der Waals surface area (Å²) in [7, 11) is 0. The van der Waals surface area contributed by atoms with Gasteiger partial charge in [0.05, 0.1) is 18.4 Å². The van der Waals surface area contributed by atoms with Gasteiger partial charge in [0.25, 0.3) is 0 Å². The summed E-state index contributed by atoms with van der Waals surface area (Å²) in [5.74, 6) is -4.02. The van der Waals surface area contributed by atoms with Crippen LogP contribution in [-0.4, -0.2) is 45.1 Å². The molecule has 6 nitrogen and oxygen atoms in total. The van der Waals surface area contributed by atoms with Gasteiger partial charge in [-0.2, -0.15) is 0 Å². The number of aliphatic hydroxyl groups excluding tert-OH is 2. The topological polar surface area (TPSA) is 115 Å². The minimum Gasteiger partial charge on any atom is -0.481 e. The molecule has 0 radical (unpaired) electrons.